The van der Waals surface area contributed by atoms with Crippen LogP contribution in [0.1, 0.15) is 7.43 Å². The number of hydrogen-bond acceptors (Lipinski definition) is 4. The molecule has 0 fully saturated rings. The summed E-state index contributed by atoms with van der Waals surface area (Å²) in [5.41, 5.74) is 0. The van der Waals surface area contributed by atoms with Gasteiger partial charge in [0.05, 0.1) is 0 Å². The molecule has 0 saturated heterocycles. The van der Waals surface area contributed by atoms with Crippen LogP contribution in [-0.4, -0.2) is 25.9 Å². The summed E-state index contributed by atoms with van der Waals surface area (Å²) < 4.78 is 18.0. The average molecular weight is 222 g/mol. The first-order valence-electron chi connectivity index (χ1n) is 1.80. The van der Waals surface area contributed by atoms with E-state index in [1.54, 1.807) is 0 Å². The van der Waals surface area contributed by atoms with E-state index < -0.39 is 7.82 Å². The number of phosphoric ester groups is 1. The molecule has 0 aliphatic rings. The van der Waals surface area contributed by atoms with Crippen LogP contribution in [0.15, 0.2) is 0 Å². The summed E-state index contributed by atoms with van der Waals surface area (Å²) in [5.74, 6) is 0. The van der Waals surface area contributed by atoms with Crippen molar-refractivity contribution < 1.29 is 41.9 Å². The second-order valence-electron chi connectivity index (χ2n) is 0.834. The van der Waals surface area contributed by atoms with Gasteiger partial charge >= 0.3 is 7.82 Å². The van der Waals surface area contributed by atoms with Gasteiger partial charge in [-0.05, 0) is 0 Å². The monoisotopic (exact) mass is 222 g/mol. The van der Waals surface area contributed by atoms with Crippen molar-refractivity contribution in [1.82, 2.24) is 0 Å². The third-order valence-electron chi connectivity index (χ3n) is 0.461. The quantitative estimate of drug-likeness (QED) is 0.423. The van der Waals surface area contributed by atoms with Crippen molar-refractivity contribution in [2.75, 3.05) is 14.2 Å². The molecule has 0 aromatic rings. The topological polar surface area (TPSA) is 72.8 Å². The van der Waals surface area contributed by atoms with Crippen LogP contribution in [-0.2, 0) is 37.0 Å². The average Bonchev–Trinajstić information content (AvgIpc) is 1.93. The van der Waals surface area contributed by atoms with Gasteiger partial charge in [-0.2, -0.15) is 0 Å². The summed E-state index contributed by atoms with van der Waals surface area (Å²) in [7, 11) is -1.45. The van der Waals surface area contributed by atoms with E-state index in [9.17, 15) is 4.57 Å². The Morgan fingerprint density at radius 3 is 1.45 bits per heavy atom. The van der Waals surface area contributed by atoms with Crippen LogP contribution >= 0.6 is 7.82 Å². The maximum Gasteiger partial charge on any atom is 0.471 e. The van der Waals surface area contributed by atoms with Crippen LogP contribution in [0.4, 0.5) is 0 Å². The Morgan fingerprint density at radius 2 is 1.45 bits per heavy atom. The summed E-state index contributed by atoms with van der Waals surface area (Å²) in [6.45, 7) is 3.25. The van der Waals surface area contributed by atoms with Crippen LogP contribution in [0.2, 0.25) is 0 Å². The van der Waals surface area contributed by atoms with Crippen molar-refractivity contribution in [2.24, 2.45) is 0 Å². The Balaban J connectivity index is -0.0000000564. The summed E-state index contributed by atoms with van der Waals surface area (Å²) >= 11 is 0. The normalized spacial score (nSPS) is 7.91. The maximum absolute atomic E-state index is 10.1. The molecule has 0 aliphatic carbocycles. The largest absolute Gasteiger partial charge is 0.545 e. The van der Waals surface area contributed by atoms with Gasteiger partial charge in [0.2, 0.25) is 0 Å². The fraction of sp³-hybridized carbons (Fsp3) is 0.750. The molecule has 1 N–H and O–H groups in total. The molecule has 69 valence electrons. The van der Waals surface area contributed by atoms with Crippen LogP contribution in [0, 0.1) is 0 Å². The zero-order valence-corrected chi connectivity index (χ0v) is 7.84. The van der Waals surface area contributed by atoms with Crippen LogP contribution in [0.25, 0.3) is 0 Å². The molecule has 7 heteroatoms. The number of phosphoric acid groups is 1. The van der Waals surface area contributed by atoms with Gasteiger partial charge in [0, 0.05) is 32.8 Å². The molecule has 11 heavy (non-hydrogen) atoms. The first-order valence-corrected chi connectivity index (χ1v) is 3.30. The van der Waals surface area contributed by atoms with E-state index in [0.717, 1.165) is 14.2 Å². The standard InChI is InChI=1S/C2H7O4P.CHO.CH4.V/c1-5-7(3,4)6-2;1-2;;/h1-2H3,(H,3,4);1H;1H4;/q;-1;;. The van der Waals surface area contributed by atoms with E-state index in [-0.39, 0.29) is 26.0 Å². The second-order valence-corrected chi connectivity index (χ2v) is 2.50. The minimum absolute atomic E-state index is 0. The van der Waals surface area contributed by atoms with E-state index in [4.69, 9.17) is 9.69 Å². The molecule has 0 bridgehead atoms. The minimum Gasteiger partial charge on any atom is -0.545 e. The second kappa shape index (κ2) is 13.0. The Kier molecular flexibility index (Phi) is 26.6. The first kappa shape index (κ1) is 22.5. The molecule has 1 radical (unpaired) electrons. The summed E-state index contributed by atoms with van der Waals surface area (Å²) in [6.07, 6.45) is 0. The molecule has 0 aromatic heterocycles. The third-order valence-corrected chi connectivity index (χ3v) is 1.38. The van der Waals surface area contributed by atoms with Gasteiger partial charge in [-0.15, -0.1) is 0 Å². The smallest absolute Gasteiger partial charge is 0.471 e. The van der Waals surface area contributed by atoms with Gasteiger partial charge in [0.1, 0.15) is 0 Å². The third kappa shape index (κ3) is 17.9. The summed E-state index contributed by atoms with van der Waals surface area (Å²) in [4.78, 5) is 16.0. The van der Waals surface area contributed by atoms with E-state index in [1.807, 2.05) is 0 Å². The molecule has 0 spiro atoms. The molecule has 0 saturated carbocycles. The molecule has 0 heterocycles. The van der Waals surface area contributed by atoms with Gasteiger partial charge in [-0.25, -0.2) is 4.57 Å². The molecule has 0 amide bonds. The Bertz CT molecular complexity index is 101. The van der Waals surface area contributed by atoms with Gasteiger partial charge in [-0.1, -0.05) is 7.43 Å². The Hall–Kier alpha value is 0.364. The van der Waals surface area contributed by atoms with Crippen LogP contribution in [0.5, 0.6) is 0 Å². The zero-order chi connectivity index (χ0) is 7.91. The molecular formula is C4H12O5PV-. The van der Waals surface area contributed by atoms with Crippen molar-refractivity contribution >= 4 is 14.6 Å². The zero-order valence-electron chi connectivity index (χ0n) is 5.55. The van der Waals surface area contributed by atoms with E-state index >= 15 is 0 Å². The first-order chi connectivity index (χ1) is 4.12. The molecule has 0 atom stereocenters. The van der Waals surface area contributed by atoms with Gasteiger partial charge in [0.25, 0.3) is 0 Å². The van der Waals surface area contributed by atoms with Gasteiger partial charge in [0.15, 0.2) is 0 Å². The number of carbonyl (C=O) groups excluding carboxylic acids is 1. The summed E-state index contributed by atoms with van der Waals surface area (Å²) in [6, 6.07) is 0. The molecule has 5 nitrogen and oxygen atoms in total. The van der Waals surface area contributed by atoms with Gasteiger partial charge < -0.3 is 9.69 Å². The predicted octanol–water partition coefficient (Wildman–Crippen LogP) is 0.739. The Morgan fingerprint density at radius 1 is 1.27 bits per heavy atom. The molecule has 0 aromatic carbocycles. The van der Waals surface area contributed by atoms with Crippen molar-refractivity contribution in [3.63, 3.8) is 0 Å². The fourth-order valence-electron chi connectivity index (χ4n) is 0.0745. The number of hydrogen-bond donors (Lipinski definition) is 1. The van der Waals surface area contributed by atoms with Crippen LogP contribution in [0.3, 0.4) is 0 Å². The fourth-order valence-corrected chi connectivity index (χ4v) is 0.224. The van der Waals surface area contributed by atoms with Crippen molar-refractivity contribution in [3.05, 3.63) is 0 Å². The van der Waals surface area contributed by atoms with E-state index in [0.29, 0.717) is 0 Å². The number of rotatable bonds is 2. The van der Waals surface area contributed by atoms with Crippen LogP contribution < -0.4 is 0 Å². The van der Waals surface area contributed by atoms with E-state index in [1.165, 1.54) is 0 Å². The minimum atomic E-state index is -3.65. The molecule has 0 aliphatic heterocycles. The Labute approximate surface area is 78.6 Å². The van der Waals surface area contributed by atoms with Crippen molar-refractivity contribution in [2.45, 2.75) is 7.43 Å². The maximum atomic E-state index is 10.1. The van der Waals surface area contributed by atoms with Crippen molar-refractivity contribution in [1.29, 1.82) is 0 Å². The molecule has 0 rings (SSSR count). The summed E-state index contributed by atoms with van der Waals surface area (Å²) in [5, 5.41) is 0. The predicted molar refractivity (Wildman–Crippen MR) is 37.3 cm³/mol. The molecule has 0 unspecified atom stereocenters. The molecular weight excluding hydrogens is 210 g/mol. The SMILES string of the molecule is C.COP(=O)(O)OC.[CH-]=O.[V]. The van der Waals surface area contributed by atoms with Gasteiger partial charge in [-0.3, -0.25) is 15.8 Å². The van der Waals surface area contributed by atoms with Crippen molar-refractivity contribution in [3.8, 4) is 0 Å². The van der Waals surface area contributed by atoms with E-state index in [2.05, 4.69) is 15.8 Å².